The Hall–Kier alpha value is -2.63. The molecule has 1 aromatic heterocycles. The fraction of sp³-hybridized carbons (Fsp3) is 0.100. The Morgan fingerprint density at radius 1 is 1.04 bits per heavy atom. The lowest BCUT2D eigenvalue weighted by atomic mass is 9.88. The largest absolute Gasteiger partial charge is 0.478 e. The molecule has 0 aliphatic heterocycles. The van der Waals surface area contributed by atoms with Crippen LogP contribution in [0.1, 0.15) is 33.8 Å². The summed E-state index contributed by atoms with van der Waals surface area (Å²) in [7, 11) is 0. The molecule has 0 fully saturated rings. The molecule has 4 nitrogen and oxygen atoms in total. The van der Waals surface area contributed by atoms with Crippen LogP contribution in [0.2, 0.25) is 5.02 Å². The molecule has 3 rings (SSSR count). The number of hydrogen-bond acceptors (Lipinski definition) is 3. The van der Waals surface area contributed by atoms with Crippen molar-refractivity contribution >= 4 is 40.5 Å². The summed E-state index contributed by atoms with van der Waals surface area (Å²) in [5.41, 5.74) is 2.35. The Labute approximate surface area is 160 Å². The molecule has 0 saturated carbocycles. The minimum absolute atomic E-state index is 0.0994. The standard InChI is InChI=1S/C20H16ClNO3S/c21-15-8-4-7-14(9-15)16(13-5-2-1-3-6-13)10-19(23)22-18-12-26-11-17(18)20(24)25/h1-9,11-12,16H,10H2,(H,22,23)(H,24,25). The van der Waals surface area contributed by atoms with E-state index in [2.05, 4.69) is 5.32 Å². The molecule has 1 atom stereocenters. The first-order chi connectivity index (χ1) is 12.5. The summed E-state index contributed by atoms with van der Waals surface area (Å²) in [6.45, 7) is 0. The quantitative estimate of drug-likeness (QED) is 0.608. The second-order valence-corrected chi connectivity index (χ2v) is 6.95. The van der Waals surface area contributed by atoms with Crippen molar-refractivity contribution < 1.29 is 14.7 Å². The van der Waals surface area contributed by atoms with Crippen LogP contribution in [0.25, 0.3) is 0 Å². The maximum atomic E-state index is 12.6. The van der Waals surface area contributed by atoms with E-state index in [9.17, 15) is 14.7 Å². The third-order valence-corrected chi connectivity index (χ3v) is 4.99. The first-order valence-corrected chi connectivity index (χ1v) is 9.26. The maximum absolute atomic E-state index is 12.6. The van der Waals surface area contributed by atoms with Gasteiger partial charge in [-0.2, -0.15) is 0 Å². The third kappa shape index (κ3) is 4.31. The van der Waals surface area contributed by atoms with Crippen molar-refractivity contribution in [1.29, 1.82) is 0 Å². The van der Waals surface area contributed by atoms with Crippen molar-refractivity contribution in [3.8, 4) is 0 Å². The number of amides is 1. The molecular formula is C20H16ClNO3S. The van der Waals surface area contributed by atoms with Crippen LogP contribution in [0, 0.1) is 0 Å². The number of carboxylic acid groups (broad SMARTS) is 1. The zero-order valence-corrected chi connectivity index (χ0v) is 15.3. The van der Waals surface area contributed by atoms with E-state index in [4.69, 9.17) is 11.6 Å². The predicted octanol–water partition coefficient (Wildman–Crippen LogP) is 5.26. The molecule has 1 amide bonds. The summed E-state index contributed by atoms with van der Waals surface area (Å²) >= 11 is 7.36. The summed E-state index contributed by atoms with van der Waals surface area (Å²) in [5, 5.41) is 15.6. The van der Waals surface area contributed by atoms with Gasteiger partial charge in [-0.05, 0) is 23.3 Å². The molecule has 1 heterocycles. The Morgan fingerprint density at radius 3 is 2.46 bits per heavy atom. The highest BCUT2D eigenvalue weighted by Gasteiger charge is 2.20. The summed E-state index contributed by atoms with van der Waals surface area (Å²) in [4.78, 5) is 23.8. The van der Waals surface area contributed by atoms with Crippen molar-refractivity contribution in [3.05, 3.63) is 87.1 Å². The lowest BCUT2D eigenvalue weighted by molar-refractivity contribution is -0.116. The molecule has 3 aromatic rings. The highest BCUT2D eigenvalue weighted by Crippen LogP contribution is 2.30. The fourth-order valence-electron chi connectivity index (χ4n) is 2.78. The molecule has 2 N–H and O–H groups in total. The minimum Gasteiger partial charge on any atom is -0.478 e. The molecular weight excluding hydrogens is 370 g/mol. The molecule has 0 aliphatic carbocycles. The summed E-state index contributed by atoms with van der Waals surface area (Å²) < 4.78 is 0. The van der Waals surface area contributed by atoms with Crippen LogP contribution in [0.5, 0.6) is 0 Å². The van der Waals surface area contributed by atoms with E-state index in [0.29, 0.717) is 10.7 Å². The molecule has 1 unspecified atom stereocenters. The van der Waals surface area contributed by atoms with E-state index in [1.165, 1.54) is 16.7 Å². The molecule has 0 bridgehead atoms. The number of rotatable bonds is 6. The minimum atomic E-state index is -1.06. The number of carboxylic acids is 1. The van der Waals surface area contributed by atoms with Crippen LogP contribution in [0.4, 0.5) is 5.69 Å². The Morgan fingerprint density at radius 2 is 1.77 bits per heavy atom. The fourth-order valence-corrected chi connectivity index (χ4v) is 3.74. The molecule has 26 heavy (non-hydrogen) atoms. The monoisotopic (exact) mass is 385 g/mol. The van der Waals surface area contributed by atoms with E-state index in [1.54, 1.807) is 11.4 Å². The zero-order chi connectivity index (χ0) is 18.5. The van der Waals surface area contributed by atoms with Crippen molar-refractivity contribution in [2.45, 2.75) is 12.3 Å². The van der Waals surface area contributed by atoms with Gasteiger partial charge in [-0.1, -0.05) is 54.1 Å². The van der Waals surface area contributed by atoms with Crippen molar-refractivity contribution in [2.24, 2.45) is 0 Å². The number of nitrogens with one attached hydrogen (secondary N) is 1. The number of hydrogen-bond donors (Lipinski definition) is 2. The van der Waals surface area contributed by atoms with Gasteiger partial charge in [0, 0.05) is 28.1 Å². The topological polar surface area (TPSA) is 66.4 Å². The number of carbonyl (C=O) groups excluding carboxylic acids is 1. The van der Waals surface area contributed by atoms with Crippen LogP contribution < -0.4 is 5.32 Å². The average Bonchev–Trinajstić information content (AvgIpc) is 3.09. The molecule has 2 aromatic carbocycles. The van der Waals surface area contributed by atoms with Gasteiger partial charge in [0.05, 0.1) is 11.3 Å². The Balaban J connectivity index is 1.85. The van der Waals surface area contributed by atoms with Crippen LogP contribution in [-0.4, -0.2) is 17.0 Å². The van der Waals surface area contributed by atoms with E-state index >= 15 is 0 Å². The van der Waals surface area contributed by atoms with Gasteiger partial charge in [-0.15, -0.1) is 11.3 Å². The number of halogens is 1. The summed E-state index contributed by atoms with van der Waals surface area (Å²) in [6, 6.07) is 17.1. The lowest BCUT2D eigenvalue weighted by Crippen LogP contribution is -2.17. The average molecular weight is 386 g/mol. The van der Waals surface area contributed by atoms with E-state index in [-0.39, 0.29) is 23.8 Å². The van der Waals surface area contributed by atoms with Gasteiger partial charge in [0.25, 0.3) is 0 Å². The second-order valence-electron chi connectivity index (χ2n) is 5.77. The molecule has 0 aliphatic rings. The maximum Gasteiger partial charge on any atom is 0.338 e. The third-order valence-electron chi connectivity index (χ3n) is 4.01. The van der Waals surface area contributed by atoms with Crippen molar-refractivity contribution in [3.63, 3.8) is 0 Å². The van der Waals surface area contributed by atoms with Gasteiger partial charge < -0.3 is 10.4 Å². The number of carbonyl (C=O) groups is 2. The molecule has 0 radical (unpaired) electrons. The van der Waals surface area contributed by atoms with Crippen LogP contribution in [0.3, 0.4) is 0 Å². The van der Waals surface area contributed by atoms with E-state index in [0.717, 1.165) is 11.1 Å². The number of benzene rings is 2. The molecule has 0 spiro atoms. The van der Waals surface area contributed by atoms with Gasteiger partial charge in [-0.25, -0.2) is 4.79 Å². The summed E-state index contributed by atoms with van der Waals surface area (Å²) in [6.07, 6.45) is 0.180. The van der Waals surface area contributed by atoms with Gasteiger partial charge in [0.2, 0.25) is 5.91 Å². The SMILES string of the molecule is O=C(CC(c1ccccc1)c1cccc(Cl)c1)Nc1cscc1C(=O)O. The molecule has 6 heteroatoms. The van der Waals surface area contributed by atoms with Gasteiger partial charge in [0.1, 0.15) is 0 Å². The van der Waals surface area contributed by atoms with Gasteiger partial charge in [-0.3, -0.25) is 4.79 Å². The number of aromatic carboxylic acids is 1. The normalized spacial score (nSPS) is 11.7. The molecule has 132 valence electrons. The van der Waals surface area contributed by atoms with Crippen LogP contribution in [0.15, 0.2) is 65.4 Å². The van der Waals surface area contributed by atoms with Crippen molar-refractivity contribution in [1.82, 2.24) is 0 Å². The predicted molar refractivity (Wildman–Crippen MR) is 104 cm³/mol. The highest BCUT2D eigenvalue weighted by molar-refractivity contribution is 7.08. The first kappa shape index (κ1) is 18.2. The van der Waals surface area contributed by atoms with Crippen molar-refractivity contribution in [2.75, 3.05) is 5.32 Å². The number of anilines is 1. The van der Waals surface area contributed by atoms with E-state index in [1.807, 2.05) is 48.5 Å². The number of thiophene rings is 1. The first-order valence-electron chi connectivity index (χ1n) is 7.94. The summed E-state index contributed by atoms with van der Waals surface area (Å²) in [5.74, 6) is -1.49. The van der Waals surface area contributed by atoms with Gasteiger partial charge >= 0.3 is 5.97 Å². The van der Waals surface area contributed by atoms with Gasteiger partial charge in [0.15, 0.2) is 0 Å². The van der Waals surface area contributed by atoms with E-state index < -0.39 is 5.97 Å². The Bertz CT molecular complexity index is 924. The second kappa shape index (κ2) is 8.17. The highest BCUT2D eigenvalue weighted by atomic mass is 35.5. The van der Waals surface area contributed by atoms with Crippen LogP contribution >= 0.6 is 22.9 Å². The molecule has 0 saturated heterocycles. The lowest BCUT2D eigenvalue weighted by Gasteiger charge is -2.18. The zero-order valence-electron chi connectivity index (χ0n) is 13.7. The smallest absolute Gasteiger partial charge is 0.338 e. The van der Waals surface area contributed by atoms with Crippen LogP contribution in [-0.2, 0) is 4.79 Å². The Kier molecular flexibility index (Phi) is 5.71.